The average Bonchev–Trinajstić information content (AvgIpc) is 2.46. The highest BCUT2D eigenvalue weighted by Crippen LogP contribution is 2.25. The highest BCUT2D eigenvalue weighted by atomic mass is 16.5. The van der Waals surface area contributed by atoms with Crippen LogP contribution in [0, 0.1) is 11.8 Å². The smallest absolute Gasteiger partial charge is 0.271 e. The van der Waals surface area contributed by atoms with Crippen molar-refractivity contribution in [1.29, 1.82) is 0 Å². The number of carbonyl (C=O) groups is 1. The maximum Gasteiger partial charge on any atom is 0.271 e. The molecule has 1 aliphatic carbocycles. The van der Waals surface area contributed by atoms with Crippen LogP contribution in [0.1, 0.15) is 57.3 Å². The molecule has 1 saturated carbocycles. The molecule has 1 aromatic carbocycles. The van der Waals surface area contributed by atoms with Crippen molar-refractivity contribution in [2.45, 2.75) is 53.1 Å². The van der Waals surface area contributed by atoms with Crippen molar-refractivity contribution in [2.75, 3.05) is 0 Å². The molecule has 1 amide bonds. The summed E-state index contributed by atoms with van der Waals surface area (Å²) in [5, 5.41) is 4.38. The molecule has 0 aromatic heterocycles. The van der Waals surface area contributed by atoms with Crippen LogP contribution in [0.5, 0.6) is 5.75 Å². The monoisotopic (exact) mass is 302 g/mol. The third-order valence-corrected chi connectivity index (χ3v) is 4.06. The first-order chi connectivity index (χ1) is 10.5. The summed E-state index contributed by atoms with van der Waals surface area (Å²) in [6.45, 7) is 8.31. The summed E-state index contributed by atoms with van der Waals surface area (Å²) in [5.74, 6) is 1.50. The topological polar surface area (TPSA) is 50.7 Å². The normalized spacial score (nSPS) is 21.6. The minimum Gasteiger partial charge on any atom is -0.491 e. The summed E-state index contributed by atoms with van der Waals surface area (Å²) in [5.41, 5.74) is 4.40. The number of hydrogen-bond donors (Lipinski definition) is 1. The van der Waals surface area contributed by atoms with Crippen molar-refractivity contribution in [3.05, 3.63) is 29.8 Å². The molecule has 120 valence electrons. The largest absolute Gasteiger partial charge is 0.491 e. The van der Waals surface area contributed by atoms with Crippen LogP contribution >= 0.6 is 0 Å². The maximum absolute atomic E-state index is 12.2. The molecule has 22 heavy (non-hydrogen) atoms. The van der Waals surface area contributed by atoms with Gasteiger partial charge in [0, 0.05) is 11.3 Å². The molecule has 1 aromatic rings. The van der Waals surface area contributed by atoms with Crippen molar-refractivity contribution in [1.82, 2.24) is 5.43 Å². The van der Waals surface area contributed by atoms with Gasteiger partial charge in [-0.2, -0.15) is 5.10 Å². The summed E-state index contributed by atoms with van der Waals surface area (Å²) in [6, 6.07) is 7.16. The van der Waals surface area contributed by atoms with Crippen LogP contribution in [-0.2, 0) is 0 Å². The third kappa shape index (κ3) is 4.33. The second-order valence-corrected chi connectivity index (χ2v) is 6.40. The van der Waals surface area contributed by atoms with Gasteiger partial charge in [-0.05, 0) is 62.8 Å². The van der Waals surface area contributed by atoms with E-state index in [1.807, 2.05) is 26.0 Å². The predicted molar refractivity (Wildman–Crippen MR) is 89.3 cm³/mol. The molecular weight excluding hydrogens is 276 g/mol. The fourth-order valence-corrected chi connectivity index (χ4v) is 2.87. The van der Waals surface area contributed by atoms with Gasteiger partial charge in [0.2, 0.25) is 0 Å². The molecule has 4 heteroatoms. The Kier molecular flexibility index (Phi) is 5.58. The van der Waals surface area contributed by atoms with Gasteiger partial charge in [-0.15, -0.1) is 0 Å². The van der Waals surface area contributed by atoms with E-state index in [1.54, 1.807) is 12.1 Å². The zero-order valence-corrected chi connectivity index (χ0v) is 13.9. The summed E-state index contributed by atoms with van der Waals surface area (Å²) in [7, 11) is 0. The van der Waals surface area contributed by atoms with Crippen molar-refractivity contribution in [2.24, 2.45) is 16.9 Å². The van der Waals surface area contributed by atoms with E-state index in [-0.39, 0.29) is 12.0 Å². The molecule has 0 spiro atoms. The molecular formula is C18H26N2O2. The molecule has 1 N–H and O–H groups in total. The summed E-state index contributed by atoms with van der Waals surface area (Å²) in [4.78, 5) is 12.2. The number of nitrogens with zero attached hydrogens (tertiary/aromatic N) is 1. The van der Waals surface area contributed by atoms with Crippen molar-refractivity contribution in [3.8, 4) is 5.75 Å². The minimum absolute atomic E-state index is 0.125. The Labute approximate surface area is 132 Å². The first kappa shape index (κ1) is 16.5. The van der Waals surface area contributed by atoms with Gasteiger partial charge < -0.3 is 4.74 Å². The summed E-state index contributed by atoms with van der Waals surface area (Å²) in [6.07, 6.45) is 3.67. The van der Waals surface area contributed by atoms with Crippen molar-refractivity contribution < 1.29 is 9.53 Å². The number of ether oxygens (including phenoxy) is 1. The standard InChI is InChI=1S/C18H26N2O2/c1-12(2)22-16-10-8-15(9-11-16)18(21)20-19-17-13(3)6-5-7-14(17)4/h8-14H,5-7H2,1-4H3,(H,20,21)/t13-,14-/m1/s1. The van der Waals surface area contributed by atoms with E-state index in [0.717, 1.165) is 24.3 Å². The van der Waals surface area contributed by atoms with Crippen LogP contribution in [-0.4, -0.2) is 17.7 Å². The lowest BCUT2D eigenvalue weighted by atomic mass is 9.81. The summed E-state index contributed by atoms with van der Waals surface area (Å²) >= 11 is 0. The first-order valence-corrected chi connectivity index (χ1v) is 8.12. The average molecular weight is 302 g/mol. The van der Waals surface area contributed by atoms with E-state index in [2.05, 4.69) is 24.4 Å². The highest BCUT2D eigenvalue weighted by Gasteiger charge is 2.23. The Morgan fingerprint density at radius 1 is 1.18 bits per heavy atom. The zero-order valence-electron chi connectivity index (χ0n) is 13.9. The van der Waals surface area contributed by atoms with Crippen LogP contribution in [0.25, 0.3) is 0 Å². The van der Waals surface area contributed by atoms with Gasteiger partial charge in [-0.3, -0.25) is 4.79 Å². The van der Waals surface area contributed by atoms with Gasteiger partial charge >= 0.3 is 0 Å². The number of hydrogen-bond acceptors (Lipinski definition) is 3. The Hall–Kier alpha value is -1.84. The number of rotatable bonds is 4. The molecule has 1 aliphatic rings. The van der Waals surface area contributed by atoms with Gasteiger partial charge in [0.05, 0.1) is 6.10 Å². The van der Waals surface area contributed by atoms with E-state index < -0.39 is 0 Å². The van der Waals surface area contributed by atoms with E-state index in [4.69, 9.17) is 4.74 Å². The van der Waals surface area contributed by atoms with Gasteiger partial charge in [-0.1, -0.05) is 20.3 Å². The minimum atomic E-state index is -0.173. The van der Waals surface area contributed by atoms with Gasteiger partial charge in [0.1, 0.15) is 5.75 Å². The van der Waals surface area contributed by atoms with Gasteiger partial charge in [0.15, 0.2) is 0 Å². The van der Waals surface area contributed by atoms with E-state index in [0.29, 0.717) is 17.4 Å². The number of nitrogens with one attached hydrogen (secondary N) is 1. The van der Waals surface area contributed by atoms with E-state index >= 15 is 0 Å². The SMILES string of the molecule is CC(C)Oc1ccc(C(=O)NN=C2[C@H](C)CCC[C@H]2C)cc1. The Balaban J connectivity index is 1.99. The van der Waals surface area contributed by atoms with Crippen molar-refractivity contribution in [3.63, 3.8) is 0 Å². The number of hydrazone groups is 1. The van der Waals surface area contributed by atoms with Crippen LogP contribution < -0.4 is 10.2 Å². The lowest BCUT2D eigenvalue weighted by Crippen LogP contribution is -2.29. The van der Waals surface area contributed by atoms with E-state index in [9.17, 15) is 4.79 Å². The molecule has 0 heterocycles. The lowest BCUT2D eigenvalue weighted by molar-refractivity contribution is 0.0954. The fraction of sp³-hybridized carbons (Fsp3) is 0.556. The van der Waals surface area contributed by atoms with Crippen LogP contribution in [0.4, 0.5) is 0 Å². The second-order valence-electron chi connectivity index (χ2n) is 6.40. The van der Waals surface area contributed by atoms with Crippen LogP contribution in [0.2, 0.25) is 0 Å². The molecule has 2 rings (SSSR count). The Bertz CT molecular complexity index is 523. The zero-order chi connectivity index (χ0) is 16.1. The first-order valence-electron chi connectivity index (χ1n) is 8.12. The predicted octanol–water partition coefficient (Wildman–Crippen LogP) is 4.02. The molecule has 1 fully saturated rings. The molecule has 0 radical (unpaired) electrons. The van der Waals surface area contributed by atoms with E-state index in [1.165, 1.54) is 6.42 Å². The lowest BCUT2D eigenvalue weighted by Gasteiger charge is -2.26. The number of benzene rings is 1. The van der Waals surface area contributed by atoms with Crippen LogP contribution in [0.3, 0.4) is 0 Å². The molecule has 4 nitrogen and oxygen atoms in total. The quantitative estimate of drug-likeness (QED) is 0.854. The molecule has 0 bridgehead atoms. The van der Waals surface area contributed by atoms with Crippen molar-refractivity contribution >= 4 is 11.6 Å². The summed E-state index contributed by atoms with van der Waals surface area (Å²) < 4.78 is 5.57. The molecule has 2 atom stereocenters. The molecule has 0 saturated heterocycles. The maximum atomic E-state index is 12.2. The van der Waals surface area contributed by atoms with Crippen LogP contribution in [0.15, 0.2) is 29.4 Å². The second kappa shape index (κ2) is 7.43. The fourth-order valence-electron chi connectivity index (χ4n) is 2.87. The van der Waals surface area contributed by atoms with Gasteiger partial charge in [0.25, 0.3) is 5.91 Å². The Morgan fingerprint density at radius 3 is 2.32 bits per heavy atom. The molecule has 0 unspecified atom stereocenters. The number of amides is 1. The Morgan fingerprint density at radius 2 is 1.77 bits per heavy atom. The highest BCUT2D eigenvalue weighted by molar-refractivity contribution is 5.96. The third-order valence-electron chi connectivity index (χ3n) is 4.06. The molecule has 0 aliphatic heterocycles. The number of carbonyl (C=O) groups excluding carboxylic acids is 1. The van der Waals surface area contributed by atoms with Gasteiger partial charge in [-0.25, -0.2) is 5.43 Å².